The fourth-order valence-corrected chi connectivity index (χ4v) is 1.37. The summed E-state index contributed by atoms with van der Waals surface area (Å²) in [5.74, 6) is -0.0485. The van der Waals surface area contributed by atoms with Gasteiger partial charge in [-0.2, -0.15) is 0 Å². The van der Waals surface area contributed by atoms with Crippen LogP contribution < -0.4 is 11.1 Å². The van der Waals surface area contributed by atoms with Crippen molar-refractivity contribution in [2.45, 2.75) is 20.8 Å². The Morgan fingerprint density at radius 2 is 2.12 bits per heavy atom. The molecule has 0 aliphatic rings. The molecule has 0 saturated heterocycles. The summed E-state index contributed by atoms with van der Waals surface area (Å²) in [7, 11) is 0. The maximum absolute atomic E-state index is 11.3. The van der Waals surface area contributed by atoms with Crippen LogP contribution >= 0.6 is 0 Å². The standard InChI is InChI=1S/C13H20N2O2/c1-9(17)11-6-10(4-5-12(11)14)15-7-13(2,3)8-16/h4-6,15-16H,7-8,14H2,1-3H3. The van der Waals surface area contributed by atoms with Crippen LogP contribution in [0.25, 0.3) is 0 Å². The molecule has 0 unspecified atom stereocenters. The van der Waals surface area contributed by atoms with Gasteiger partial charge in [-0.25, -0.2) is 0 Å². The second kappa shape index (κ2) is 5.19. The molecule has 4 heteroatoms. The Morgan fingerprint density at radius 1 is 1.47 bits per heavy atom. The number of nitrogen functional groups attached to an aromatic ring is 1. The number of nitrogens with one attached hydrogen (secondary N) is 1. The molecule has 94 valence electrons. The van der Waals surface area contributed by atoms with Gasteiger partial charge in [0.05, 0.1) is 0 Å². The number of carbonyl (C=O) groups is 1. The fourth-order valence-electron chi connectivity index (χ4n) is 1.37. The minimum Gasteiger partial charge on any atom is -0.398 e. The number of nitrogens with two attached hydrogens (primary N) is 1. The zero-order chi connectivity index (χ0) is 13.1. The van der Waals surface area contributed by atoms with Crippen LogP contribution in [0.15, 0.2) is 18.2 Å². The number of Topliss-reactive ketones (excluding diaryl/α,β-unsaturated/α-hetero) is 1. The van der Waals surface area contributed by atoms with Gasteiger partial charge in [0.25, 0.3) is 0 Å². The van der Waals surface area contributed by atoms with E-state index in [4.69, 9.17) is 10.8 Å². The highest BCUT2D eigenvalue weighted by Gasteiger charge is 2.16. The van der Waals surface area contributed by atoms with Gasteiger partial charge in [-0.1, -0.05) is 13.8 Å². The van der Waals surface area contributed by atoms with E-state index in [9.17, 15) is 4.79 Å². The lowest BCUT2D eigenvalue weighted by Gasteiger charge is -2.22. The van der Waals surface area contributed by atoms with E-state index in [0.29, 0.717) is 17.8 Å². The number of anilines is 2. The second-order valence-corrected chi connectivity index (χ2v) is 5.03. The van der Waals surface area contributed by atoms with E-state index in [1.165, 1.54) is 6.92 Å². The first-order chi connectivity index (χ1) is 7.85. The van der Waals surface area contributed by atoms with Crippen LogP contribution in [0.2, 0.25) is 0 Å². The lowest BCUT2D eigenvalue weighted by Crippen LogP contribution is -2.26. The van der Waals surface area contributed by atoms with Gasteiger partial charge in [-0.15, -0.1) is 0 Å². The summed E-state index contributed by atoms with van der Waals surface area (Å²) in [5.41, 5.74) is 7.37. The van der Waals surface area contributed by atoms with Crippen molar-refractivity contribution in [2.75, 3.05) is 24.2 Å². The van der Waals surface area contributed by atoms with E-state index in [1.807, 2.05) is 19.9 Å². The average Bonchev–Trinajstić information content (AvgIpc) is 2.27. The summed E-state index contributed by atoms with van der Waals surface area (Å²) in [6.45, 7) is 6.15. The highest BCUT2D eigenvalue weighted by molar-refractivity contribution is 5.99. The monoisotopic (exact) mass is 236 g/mol. The normalized spacial score (nSPS) is 11.3. The number of hydrogen-bond donors (Lipinski definition) is 3. The van der Waals surface area contributed by atoms with E-state index >= 15 is 0 Å². The minimum atomic E-state index is -0.197. The van der Waals surface area contributed by atoms with Gasteiger partial charge in [-0.3, -0.25) is 4.79 Å². The Labute approximate surface area is 102 Å². The van der Waals surface area contributed by atoms with E-state index in [0.717, 1.165) is 5.69 Å². The van der Waals surface area contributed by atoms with Gasteiger partial charge in [0, 0.05) is 35.5 Å². The highest BCUT2D eigenvalue weighted by Crippen LogP contribution is 2.20. The first-order valence-electron chi connectivity index (χ1n) is 5.61. The lowest BCUT2D eigenvalue weighted by atomic mass is 9.95. The number of ketones is 1. The third-order valence-electron chi connectivity index (χ3n) is 2.63. The zero-order valence-corrected chi connectivity index (χ0v) is 10.6. The first kappa shape index (κ1) is 13.5. The topological polar surface area (TPSA) is 75.3 Å². The predicted molar refractivity (Wildman–Crippen MR) is 70.2 cm³/mol. The van der Waals surface area contributed by atoms with Gasteiger partial charge in [0.15, 0.2) is 5.78 Å². The SMILES string of the molecule is CC(=O)c1cc(NCC(C)(C)CO)ccc1N. The number of hydrogen-bond acceptors (Lipinski definition) is 4. The number of benzene rings is 1. The summed E-state index contributed by atoms with van der Waals surface area (Å²) in [6.07, 6.45) is 0. The van der Waals surface area contributed by atoms with Crippen LogP contribution in [-0.4, -0.2) is 24.0 Å². The van der Waals surface area contributed by atoms with Crippen LogP contribution in [0.4, 0.5) is 11.4 Å². The van der Waals surface area contributed by atoms with Crippen molar-refractivity contribution in [3.05, 3.63) is 23.8 Å². The van der Waals surface area contributed by atoms with Crippen molar-refractivity contribution in [3.63, 3.8) is 0 Å². The number of rotatable bonds is 5. The number of aliphatic hydroxyl groups excluding tert-OH is 1. The summed E-state index contributed by atoms with van der Waals surface area (Å²) >= 11 is 0. The zero-order valence-electron chi connectivity index (χ0n) is 10.6. The quantitative estimate of drug-likeness (QED) is 0.539. The molecule has 0 fully saturated rings. The van der Waals surface area contributed by atoms with Crippen LogP contribution in [0.5, 0.6) is 0 Å². The molecule has 17 heavy (non-hydrogen) atoms. The first-order valence-corrected chi connectivity index (χ1v) is 5.61. The Bertz CT molecular complexity index is 414. The minimum absolute atomic E-state index is 0.0485. The maximum Gasteiger partial charge on any atom is 0.161 e. The summed E-state index contributed by atoms with van der Waals surface area (Å²) in [4.78, 5) is 11.3. The van der Waals surface area contributed by atoms with Gasteiger partial charge in [0.1, 0.15) is 0 Å². The van der Waals surface area contributed by atoms with Crippen molar-refractivity contribution in [1.29, 1.82) is 0 Å². The molecule has 1 aromatic carbocycles. The van der Waals surface area contributed by atoms with Crippen LogP contribution in [-0.2, 0) is 0 Å². The number of aliphatic hydroxyl groups is 1. The fraction of sp³-hybridized carbons (Fsp3) is 0.462. The van der Waals surface area contributed by atoms with E-state index in [2.05, 4.69) is 5.32 Å². The van der Waals surface area contributed by atoms with Crippen molar-refractivity contribution >= 4 is 17.2 Å². The van der Waals surface area contributed by atoms with Crippen molar-refractivity contribution in [1.82, 2.24) is 0 Å². The molecular weight excluding hydrogens is 216 g/mol. The molecule has 0 heterocycles. The molecule has 1 aromatic rings. The van der Waals surface area contributed by atoms with Crippen molar-refractivity contribution in [3.8, 4) is 0 Å². The van der Waals surface area contributed by atoms with Crippen LogP contribution in [0.3, 0.4) is 0 Å². The maximum atomic E-state index is 11.3. The van der Waals surface area contributed by atoms with Crippen molar-refractivity contribution < 1.29 is 9.90 Å². The third-order valence-corrected chi connectivity index (χ3v) is 2.63. The third kappa shape index (κ3) is 3.75. The van der Waals surface area contributed by atoms with Gasteiger partial charge in [0.2, 0.25) is 0 Å². The van der Waals surface area contributed by atoms with Gasteiger partial charge < -0.3 is 16.2 Å². The molecule has 0 aromatic heterocycles. The molecule has 4 nitrogen and oxygen atoms in total. The summed E-state index contributed by atoms with van der Waals surface area (Å²) in [6, 6.07) is 5.28. The smallest absolute Gasteiger partial charge is 0.161 e. The molecule has 4 N–H and O–H groups in total. The Kier molecular flexibility index (Phi) is 4.12. The van der Waals surface area contributed by atoms with Gasteiger partial charge >= 0.3 is 0 Å². The average molecular weight is 236 g/mol. The Hall–Kier alpha value is -1.55. The summed E-state index contributed by atoms with van der Waals surface area (Å²) < 4.78 is 0. The predicted octanol–water partition coefficient (Wildman–Crippen LogP) is 1.90. The van der Waals surface area contributed by atoms with Gasteiger partial charge in [-0.05, 0) is 25.1 Å². The molecule has 0 spiro atoms. The molecule has 0 bridgehead atoms. The molecular formula is C13H20N2O2. The molecule has 0 aliphatic carbocycles. The largest absolute Gasteiger partial charge is 0.398 e. The van der Waals surface area contributed by atoms with Crippen LogP contribution in [0.1, 0.15) is 31.1 Å². The second-order valence-electron chi connectivity index (χ2n) is 5.03. The van der Waals surface area contributed by atoms with E-state index in [-0.39, 0.29) is 17.8 Å². The molecule has 0 aliphatic heterocycles. The molecule has 1 rings (SSSR count). The molecule has 0 amide bonds. The van der Waals surface area contributed by atoms with E-state index in [1.54, 1.807) is 12.1 Å². The van der Waals surface area contributed by atoms with Crippen LogP contribution in [0, 0.1) is 5.41 Å². The summed E-state index contributed by atoms with van der Waals surface area (Å²) in [5, 5.41) is 12.3. The Balaban J connectivity index is 2.80. The highest BCUT2D eigenvalue weighted by atomic mass is 16.3. The number of carbonyl (C=O) groups excluding carboxylic acids is 1. The Morgan fingerprint density at radius 3 is 2.65 bits per heavy atom. The lowest BCUT2D eigenvalue weighted by molar-refractivity contribution is 0.101. The van der Waals surface area contributed by atoms with Crippen molar-refractivity contribution in [2.24, 2.45) is 5.41 Å². The van der Waals surface area contributed by atoms with E-state index < -0.39 is 0 Å². The molecule has 0 radical (unpaired) electrons. The molecule has 0 atom stereocenters. The molecule has 0 saturated carbocycles.